The molecule has 3 aromatic carbocycles. The van der Waals surface area contributed by atoms with Crippen LogP contribution in [0, 0.1) is 0 Å². The normalized spacial score (nSPS) is 11.8. The Hall–Kier alpha value is -4.11. The highest BCUT2D eigenvalue weighted by Gasteiger charge is 2.16. The lowest BCUT2D eigenvalue weighted by Gasteiger charge is -2.08. The van der Waals surface area contributed by atoms with Gasteiger partial charge in [0, 0.05) is 11.1 Å². The van der Waals surface area contributed by atoms with Gasteiger partial charge in [-0.15, -0.1) is 5.10 Å². The highest BCUT2D eigenvalue weighted by atomic mass is 32.2. The van der Waals surface area contributed by atoms with Gasteiger partial charge in [-0.3, -0.25) is 4.79 Å². The molecule has 1 aromatic heterocycles. The zero-order valence-corrected chi connectivity index (χ0v) is 18.5. The van der Waals surface area contributed by atoms with Crippen molar-refractivity contribution in [3.8, 4) is 5.75 Å². The van der Waals surface area contributed by atoms with E-state index < -0.39 is 15.9 Å². The molecule has 0 aliphatic heterocycles. The van der Waals surface area contributed by atoms with Crippen molar-refractivity contribution in [2.24, 2.45) is 5.10 Å². The first-order valence-corrected chi connectivity index (χ1v) is 11.6. The molecule has 0 spiro atoms. The van der Waals surface area contributed by atoms with E-state index >= 15 is 0 Å². The van der Waals surface area contributed by atoms with Crippen LogP contribution in [-0.4, -0.2) is 20.9 Å². The summed E-state index contributed by atoms with van der Waals surface area (Å²) in [5.41, 5.74) is 0.884. The van der Waals surface area contributed by atoms with Crippen molar-refractivity contribution < 1.29 is 22.4 Å². The summed E-state index contributed by atoms with van der Waals surface area (Å²) in [4.78, 5) is 15.2. The smallest absolute Gasteiger partial charge is 0.276 e. The van der Waals surface area contributed by atoms with Crippen LogP contribution in [0.2, 0.25) is 0 Å². The van der Waals surface area contributed by atoms with Gasteiger partial charge < -0.3 is 14.5 Å². The maximum absolute atomic E-state index is 13.0. The average molecular weight is 464 g/mol. The number of nitrogens with one attached hydrogen (secondary N) is 2. The molecular formula is C24H21N3O5S. The van der Waals surface area contributed by atoms with Crippen LogP contribution in [0.15, 0.2) is 99.3 Å². The van der Waals surface area contributed by atoms with E-state index in [1.807, 2.05) is 6.92 Å². The molecule has 4 rings (SSSR count). The standard InChI is InChI=1S/C24H21N3O5S/c1-2-31-19-14-12-18(13-15-19)25-23(28)21-16-17-8-6-7-11-22(17)32-24(21)26-27-33(29,30)20-9-4-3-5-10-20/h3-16,27H,2H2,1H3,(H,25,28). The van der Waals surface area contributed by atoms with Crippen LogP contribution in [0.25, 0.3) is 11.0 Å². The fourth-order valence-corrected chi connectivity index (χ4v) is 3.89. The largest absolute Gasteiger partial charge is 0.494 e. The number of amides is 1. The van der Waals surface area contributed by atoms with Gasteiger partial charge in [-0.25, -0.2) is 0 Å². The molecule has 0 saturated heterocycles. The molecule has 0 unspecified atom stereocenters. The van der Waals surface area contributed by atoms with Crippen LogP contribution in [0.1, 0.15) is 17.3 Å². The molecule has 1 amide bonds. The molecule has 9 heteroatoms. The molecule has 33 heavy (non-hydrogen) atoms. The Balaban J connectivity index is 1.70. The van der Waals surface area contributed by atoms with E-state index in [4.69, 9.17) is 9.15 Å². The highest BCUT2D eigenvalue weighted by molar-refractivity contribution is 7.89. The lowest BCUT2D eigenvalue weighted by Crippen LogP contribution is -2.27. The summed E-state index contributed by atoms with van der Waals surface area (Å²) in [6.45, 7) is 2.42. The number of nitrogens with zero attached hydrogens (tertiary/aromatic N) is 1. The summed E-state index contributed by atoms with van der Waals surface area (Å²) in [6, 6.07) is 23.3. The topological polar surface area (TPSA) is 110 Å². The minimum atomic E-state index is -3.95. The van der Waals surface area contributed by atoms with Crippen LogP contribution in [0.5, 0.6) is 5.75 Å². The molecule has 168 valence electrons. The lowest BCUT2D eigenvalue weighted by molar-refractivity contribution is 0.102. The molecule has 2 N–H and O–H groups in total. The summed E-state index contributed by atoms with van der Waals surface area (Å²) in [7, 11) is -3.95. The number of carbonyl (C=O) groups is 1. The van der Waals surface area contributed by atoms with Crippen molar-refractivity contribution in [1.82, 2.24) is 4.83 Å². The van der Waals surface area contributed by atoms with Gasteiger partial charge >= 0.3 is 0 Å². The van der Waals surface area contributed by atoms with Crippen LogP contribution in [-0.2, 0) is 10.0 Å². The van der Waals surface area contributed by atoms with Crippen LogP contribution < -0.4 is 20.4 Å². The summed E-state index contributed by atoms with van der Waals surface area (Å²) in [5, 5.41) is 7.36. The van der Waals surface area contributed by atoms with Crippen LogP contribution in [0.3, 0.4) is 0 Å². The van der Waals surface area contributed by atoms with Crippen molar-refractivity contribution in [2.75, 3.05) is 11.9 Å². The number of carbonyl (C=O) groups excluding carboxylic acids is 1. The van der Waals surface area contributed by atoms with Crippen molar-refractivity contribution in [2.45, 2.75) is 11.8 Å². The average Bonchev–Trinajstić information content (AvgIpc) is 2.84. The molecule has 1 heterocycles. The van der Waals surface area contributed by atoms with Gasteiger partial charge in [0.15, 0.2) is 0 Å². The Kier molecular flexibility index (Phi) is 6.41. The summed E-state index contributed by atoms with van der Waals surface area (Å²) in [6.07, 6.45) is 0. The van der Waals surface area contributed by atoms with E-state index in [2.05, 4.69) is 15.2 Å². The Morgan fingerprint density at radius 1 is 0.970 bits per heavy atom. The molecular weight excluding hydrogens is 442 g/mol. The number of ether oxygens (including phenoxy) is 1. The van der Waals surface area contributed by atoms with E-state index in [-0.39, 0.29) is 16.0 Å². The SMILES string of the molecule is CCOc1ccc(NC(=O)c2cc3ccccc3oc2=NNS(=O)(=O)c2ccccc2)cc1. The molecule has 0 atom stereocenters. The molecule has 0 bridgehead atoms. The number of para-hydroxylation sites is 1. The van der Waals surface area contributed by atoms with Gasteiger partial charge in [-0.2, -0.15) is 13.2 Å². The fourth-order valence-electron chi connectivity index (χ4n) is 3.07. The number of hydrogen-bond acceptors (Lipinski definition) is 6. The van der Waals surface area contributed by atoms with Gasteiger partial charge in [0.05, 0.1) is 11.5 Å². The summed E-state index contributed by atoms with van der Waals surface area (Å²) < 4.78 is 36.3. The number of fused-ring (bicyclic) bond motifs is 1. The Morgan fingerprint density at radius 3 is 2.39 bits per heavy atom. The lowest BCUT2D eigenvalue weighted by atomic mass is 10.1. The maximum Gasteiger partial charge on any atom is 0.276 e. The highest BCUT2D eigenvalue weighted by Crippen LogP contribution is 2.18. The summed E-state index contributed by atoms with van der Waals surface area (Å²) in [5.74, 6) is 0.175. The predicted octanol–water partition coefficient (Wildman–Crippen LogP) is 3.88. The van der Waals surface area contributed by atoms with Gasteiger partial charge in [0.25, 0.3) is 15.9 Å². The monoisotopic (exact) mass is 463 g/mol. The zero-order valence-electron chi connectivity index (χ0n) is 17.7. The van der Waals surface area contributed by atoms with Crippen molar-refractivity contribution in [3.05, 3.63) is 96.0 Å². The van der Waals surface area contributed by atoms with Gasteiger partial charge in [-0.05, 0) is 55.5 Å². The Bertz CT molecular complexity index is 1450. The predicted molar refractivity (Wildman–Crippen MR) is 124 cm³/mol. The first-order chi connectivity index (χ1) is 16.0. The number of hydrogen-bond donors (Lipinski definition) is 2. The third kappa shape index (κ3) is 5.21. The molecule has 0 aliphatic carbocycles. The van der Waals surface area contributed by atoms with Crippen molar-refractivity contribution >= 4 is 32.6 Å². The van der Waals surface area contributed by atoms with Crippen molar-refractivity contribution in [3.63, 3.8) is 0 Å². The molecule has 0 aliphatic rings. The number of rotatable bonds is 7. The van der Waals surface area contributed by atoms with Crippen LogP contribution >= 0.6 is 0 Å². The Morgan fingerprint density at radius 2 is 1.67 bits per heavy atom. The van der Waals surface area contributed by atoms with Gasteiger partial charge in [0.1, 0.15) is 16.9 Å². The van der Waals surface area contributed by atoms with E-state index in [1.54, 1.807) is 72.8 Å². The first kappa shape index (κ1) is 22.1. The van der Waals surface area contributed by atoms with Crippen molar-refractivity contribution in [1.29, 1.82) is 0 Å². The quantitative estimate of drug-likeness (QED) is 0.404. The van der Waals surface area contributed by atoms with E-state index in [0.29, 0.717) is 29.0 Å². The second-order valence-electron chi connectivity index (χ2n) is 6.93. The van der Waals surface area contributed by atoms with Crippen LogP contribution in [0.4, 0.5) is 5.69 Å². The van der Waals surface area contributed by atoms with E-state index in [1.165, 1.54) is 12.1 Å². The number of anilines is 1. The second kappa shape index (κ2) is 9.58. The number of benzene rings is 3. The first-order valence-electron chi connectivity index (χ1n) is 10.1. The molecule has 0 radical (unpaired) electrons. The Labute approximate surface area is 190 Å². The summed E-state index contributed by atoms with van der Waals surface area (Å²) >= 11 is 0. The second-order valence-corrected chi connectivity index (χ2v) is 8.59. The minimum absolute atomic E-state index is 0.0370. The molecule has 8 nitrogen and oxygen atoms in total. The zero-order chi connectivity index (χ0) is 23.3. The van der Waals surface area contributed by atoms with E-state index in [9.17, 15) is 13.2 Å². The fraction of sp³-hybridized carbons (Fsp3) is 0.0833. The molecule has 0 saturated carbocycles. The maximum atomic E-state index is 13.0. The molecule has 0 fully saturated rings. The number of sulfonamides is 1. The third-order valence-electron chi connectivity index (χ3n) is 4.64. The van der Waals surface area contributed by atoms with Gasteiger partial charge in [0.2, 0.25) is 5.55 Å². The minimum Gasteiger partial charge on any atom is -0.494 e. The van der Waals surface area contributed by atoms with Gasteiger partial charge in [-0.1, -0.05) is 36.4 Å². The van der Waals surface area contributed by atoms with E-state index in [0.717, 1.165) is 0 Å². The molecule has 4 aromatic rings. The third-order valence-corrected chi connectivity index (χ3v) is 5.87.